The summed E-state index contributed by atoms with van der Waals surface area (Å²) in [6.45, 7) is 1.82. The van der Waals surface area contributed by atoms with Gasteiger partial charge in [-0.15, -0.1) is 0 Å². The van der Waals surface area contributed by atoms with Crippen molar-refractivity contribution in [2.45, 2.75) is 19.8 Å². The van der Waals surface area contributed by atoms with Gasteiger partial charge in [0.05, 0.1) is 12.7 Å². The normalized spacial score (nSPS) is 11.9. The van der Waals surface area contributed by atoms with Crippen LogP contribution in [0.2, 0.25) is 0 Å². The predicted octanol–water partition coefficient (Wildman–Crippen LogP) is 2.85. The molecule has 4 heteroatoms. The third-order valence-electron chi connectivity index (χ3n) is 2.33. The quantitative estimate of drug-likeness (QED) is 0.609. The summed E-state index contributed by atoms with van der Waals surface area (Å²) >= 11 is 0. The van der Waals surface area contributed by atoms with Gasteiger partial charge < -0.3 is 14.9 Å². The van der Waals surface area contributed by atoms with E-state index < -0.39 is 17.3 Å². The van der Waals surface area contributed by atoms with Gasteiger partial charge in [-0.2, -0.15) is 0 Å². The van der Waals surface area contributed by atoms with Gasteiger partial charge in [-0.05, 0) is 18.6 Å². The van der Waals surface area contributed by atoms with E-state index in [0.717, 1.165) is 0 Å². The monoisotopic (exact) mass is 236 g/mol. The molecular weight excluding hydrogens is 220 g/mol. The van der Waals surface area contributed by atoms with Gasteiger partial charge in [0.1, 0.15) is 5.75 Å². The third kappa shape index (κ3) is 3.00. The fourth-order valence-corrected chi connectivity index (χ4v) is 1.45. The van der Waals surface area contributed by atoms with Crippen molar-refractivity contribution in [3.63, 3.8) is 0 Å². The zero-order valence-corrected chi connectivity index (χ0v) is 9.93. The van der Waals surface area contributed by atoms with Crippen molar-refractivity contribution >= 4 is 11.5 Å². The van der Waals surface area contributed by atoms with Crippen LogP contribution in [0.1, 0.15) is 25.3 Å². The zero-order valence-electron chi connectivity index (χ0n) is 9.93. The van der Waals surface area contributed by atoms with E-state index in [1.165, 1.54) is 7.11 Å². The fraction of sp³-hybridized carbons (Fsp3) is 0.308. The molecule has 0 aromatic heterocycles. The number of allylic oxidation sites excluding steroid dienone is 1. The number of para-hydroxylation sites is 1. The highest BCUT2D eigenvalue weighted by atomic mass is 16.5. The topological polar surface area (TPSA) is 66.8 Å². The number of ketones is 1. The van der Waals surface area contributed by atoms with E-state index in [1.807, 2.05) is 6.92 Å². The summed E-state index contributed by atoms with van der Waals surface area (Å²) in [6, 6.07) is 6.64. The van der Waals surface area contributed by atoms with Crippen LogP contribution in [0.3, 0.4) is 0 Å². The Bertz CT molecular complexity index is 435. The second kappa shape index (κ2) is 5.94. The highest BCUT2D eigenvalue weighted by Gasteiger charge is 2.17. The first-order valence-corrected chi connectivity index (χ1v) is 5.40. The van der Waals surface area contributed by atoms with Crippen molar-refractivity contribution in [1.82, 2.24) is 0 Å². The van der Waals surface area contributed by atoms with Gasteiger partial charge in [-0.25, -0.2) is 0 Å². The first-order chi connectivity index (χ1) is 8.11. The molecule has 17 heavy (non-hydrogen) atoms. The van der Waals surface area contributed by atoms with Crippen LogP contribution >= 0.6 is 0 Å². The molecule has 0 heterocycles. The smallest absolute Gasteiger partial charge is 0.202 e. The SMILES string of the molecule is CCCC(=O)/C(O)=C(\O)c1ccccc1OC. The minimum absolute atomic E-state index is 0.199. The van der Waals surface area contributed by atoms with Gasteiger partial charge in [0.2, 0.25) is 11.5 Å². The zero-order chi connectivity index (χ0) is 12.8. The molecule has 0 amide bonds. The minimum atomic E-state index is -0.614. The Balaban J connectivity index is 3.13. The van der Waals surface area contributed by atoms with E-state index in [1.54, 1.807) is 24.3 Å². The number of hydrogen-bond acceptors (Lipinski definition) is 4. The van der Waals surface area contributed by atoms with Crippen molar-refractivity contribution in [3.05, 3.63) is 35.6 Å². The Labute approximate surface area is 100 Å². The molecule has 0 aliphatic carbocycles. The van der Waals surface area contributed by atoms with Crippen molar-refractivity contribution in [2.75, 3.05) is 7.11 Å². The molecular formula is C13H16O4. The maximum absolute atomic E-state index is 11.4. The lowest BCUT2D eigenvalue weighted by Gasteiger charge is -2.08. The Kier molecular flexibility index (Phi) is 4.57. The molecule has 4 nitrogen and oxygen atoms in total. The standard InChI is InChI=1S/C13H16O4/c1-3-6-10(14)13(16)12(15)9-7-4-5-8-11(9)17-2/h4-5,7-8,15-16H,3,6H2,1-2H3/b13-12+. The predicted molar refractivity (Wildman–Crippen MR) is 65.1 cm³/mol. The van der Waals surface area contributed by atoms with Crippen molar-refractivity contribution in [2.24, 2.45) is 0 Å². The van der Waals surface area contributed by atoms with Crippen LogP contribution in [0.25, 0.3) is 5.76 Å². The maximum Gasteiger partial charge on any atom is 0.202 e. The summed E-state index contributed by atoms with van der Waals surface area (Å²) in [4.78, 5) is 11.4. The lowest BCUT2D eigenvalue weighted by molar-refractivity contribution is -0.118. The highest BCUT2D eigenvalue weighted by molar-refractivity contribution is 5.99. The van der Waals surface area contributed by atoms with Crippen LogP contribution in [0.15, 0.2) is 30.0 Å². The summed E-state index contributed by atoms with van der Waals surface area (Å²) in [5.74, 6) is -1.13. The number of carbonyl (C=O) groups is 1. The van der Waals surface area contributed by atoms with Crippen molar-refractivity contribution < 1.29 is 19.7 Å². The van der Waals surface area contributed by atoms with E-state index in [9.17, 15) is 15.0 Å². The average molecular weight is 236 g/mol. The van der Waals surface area contributed by atoms with Gasteiger partial charge in [0.15, 0.2) is 5.76 Å². The number of aliphatic hydroxyl groups is 2. The molecule has 0 bridgehead atoms. The van der Waals surface area contributed by atoms with E-state index in [2.05, 4.69) is 0 Å². The number of hydrogen-bond donors (Lipinski definition) is 2. The number of carbonyl (C=O) groups excluding carboxylic acids is 1. The molecule has 0 aliphatic heterocycles. The van der Waals surface area contributed by atoms with Crippen LogP contribution in [0.5, 0.6) is 5.75 Å². The summed E-state index contributed by atoms with van der Waals surface area (Å²) in [7, 11) is 1.46. The van der Waals surface area contributed by atoms with Crippen LogP contribution in [0.4, 0.5) is 0 Å². The summed E-state index contributed by atoms with van der Waals surface area (Å²) in [5, 5.41) is 19.4. The van der Waals surface area contributed by atoms with Crippen molar-refractivity contribution in [3.8, 4) is 5.75 Å². The van der Waals surface area contributed by atoms with E-state index in [4.69, 9.17) is 4.74 Å². The molecule has 0 saturated carbocycles. The number of rotatable bonds is 5. The molecule has 0 aliphatic rings. The lowest BCUT2D eigenvalue weighted by Crippen LogP contribution is -2.05. The Hall–Kier alpha value is -1.97. The summed E-state index contributed by atoms with van der Waals surface area (Å²) in [5.41, 5.74) is 0.303. The average Bonchev–Trinajstić information content (AvgIpc) is 2.37. The van der Waals surface area contributed by atoms with Gasteiger partial charge in [0, 0.05) is 6.42 Å². The molecule has 1 rings (SSSR count). The number of Topliss-reactive ketones (excluding diaryl/α,β-unsaturated/α-hetero) is 1. The van der Waals surface area contributed by atoms with E-state index in [-0.39, 0.29) is 6.42 Å². The largest absolute Gasteiger partial charge is 0.504 e. The second-order valence-corrected chi connectivity index (χ2v) is 3.57. The molecule has 0 unspecified atom stereocenters. The Morgan fingerprint density at radius 2 is 1.94 bits per heavy atom. The number of ether oxygens (including phenoxy) is 1. The van der Waals surface area contributed by atoms with E-state index in [0.29, 0.717) is 17.7 Å². The van der Waals surface area contributed by atoms with Gasteiger partial charge >= 0.3 is 0 Å². The maximum atomic E-state index is 11.4. The highest BCUT2D eigenvalue weighted by Crippen LogP contribution is 2.26. The van der Waals surface area contributed by atoms with Gasteiger partial charge in [0.25, 0.3) is 0 Å². The molecule has 0 atom stereocenters. The number of methoxy groups -OCH3 is 1. The van der Waals surface area contributed by atoms with Crippen LogP contribution in [0, 0.1) is 0 Å². The molecule has 1 aromatic rings. The van der Waals surface area contributed by atoms with Gasteiger partial charge in [-0.3, -0.25) is 4.79 Å². The molecule has 1 aromatic carbocycles. The molecule has 0 spiro atoms. The fourth-order valence-electron chi connectivity index (χ4n) is 1.45. The number of aliphatic hydroxyl groups excluding tert-OH is 2. The molecule has 0 saturated heterocycles. The van der Waals surface area contributed by atoms with Crippen LogP contribution in [-0.2, 0) is 4.79 Å². The third-order valence-corrected chi connectivity index (χ3v) is 2.33. The summed E-state index contributed by atoms with van der Waals surface area (Å²) in [6.07, 6.45) is 0.813. The van der Waals surface area contributed by atoms with Gasteiger partial charge in [-0.1, -0.05) is 19.1 Å². The number of benzene rings is 1. The first-order valence-electron chi connectivity index (χ1n) is 5.40. The molecule has 92 valence electrons. The minimum Gasteiger partial charge on any atom is -0.504 e. The van der Waals surface area contributed by atoms with Crippen molar-refractivity contribution in [1.29, 1.82) is 0 Å². The van der Waals surface area contributed by atoms with E-state index >= 15 is 0 Å². The Morgan fingerprint density at radius 3 is 2.53 bits per heavy atom. The van der Waals surface area contributed by atoms with Crippen LogP contribution < -0.4 is 4.74 Å². The first kappa shape index (κ1) is 13.1. The lowest BCUT2D eigenvalue weighted by atomic mass is 10.1. The Morgan fingerprint density at radius 1 is 1.29 bits per heavy atom. The second-order valence-electron chi connectivity index (χ2n) is 3.57. The summed E-state index contributed by atoms with van der Waals surface area (Å²) < 4.78 is 5.04. The van der Waals surface area contributed by atoms with Crippen LogP contribution in [-0.4, -0.2) is 23.1 Å². The molecule has 0 radical (unpaired) electrons. The molecule has 0 fully saturated rings. The molecule has 2 N–H and O–H groups in total.